The van der Waals surface area contributed by atoms with Crippen molar-refractivity contribution in [3.8, 4) is 5.75 Å². The number of rotatable bonds is 7. The van der Waals surface area contributed by atoms with Gasteiger partial charge < -0.3 is 20.9 Å². The van der Waals surface area contributed by atoms with E-state index in [1.165, 1.54) is 26.2 Å². The van der Waals surface area contributed by atoms with Crippen LogP contribution in [0.5, 0.6) is 5.75 Å². The van der Waals surface area contributed by atoms with E-state index in [2.05, 4.69) is 5.32 Å². The normalized spacial score (nSPS) is 20.9. The van der Waals surface area contributed by atoms with Crippen molar-refractivity contribution in [2.24, 2.45) is 0 Å². The predicted octanol–water partition coefficient (Wildman–Crippen LogP) is 0.604. The van der Waals surface area contributed by atoms with E-state index in [1.54, 1.807) is 0 Å². The minimum Gasteiger partial charge on any atom is -0.496 e. The third kappa shape index (κ3) is 4.11. The molecule has 0 radical (unpaired) electrons. The molecular formula is C17H27N3O5S. The van der Waals surface area contributed by atoms with Crippen LogP contribution in [0.4, 0.5) is 5.69 Å². The third-order valence-corrected chi connectivity index (χ3v) is 6.55. The number of likely N-dealkylation sites (tertiary alicyclic amines) is 1. The Morgan fingerprint density at radius 2 is 2.08 bits per heavy atom. The van der Waals surface area contributed by atoms with Crippen molar-refractivity contribution in [1.82, 2.24) is 10.2 Å². The van der Waals surface area contributed by atoms with E-state index < -0.39 is 22.0 Å². The lowest BCUT2D eigenvalue weighted by atomic mass is 10.1. The number of nitrogens with two attached hydrogens (primary N) is 1. The molecule has 2 atom stereocenters. The number of methoxy groups -OCH3 is 1. The van der Waals surface area contributed by atoms with E-state index in [-0.39, 0.29) is 33.7 Å². The number of carbonyl (C=O) groups is 1. The Labute approximate surface area is 154 Å². The first-order valence-corrected chi connectivity index (χ1v) is 10.3. The summed E-state index contributed by atoms with van der Waals surface area (Å²) in [6, 6.07) is 2.66. The number of nitrogens with one attached hydrogen (secondary N) is 1. The van der Waals surface area contributed by atoms with Gasteiger partial charge >= 0.3 is 0 Å². The fourth-order valence-electron chi connectivity index (χ4n) is 3.26. The summed E-state index contributed by atoms with van der Waals surface area (Å²) in [5.41, 5.74) is 6.00. The zero-order valence-electron chi connectivity index (χ0n) is 15.4. The second-order valence-electron chi connectivity index (χ2n) is 6.25. The molecule has 1 fully saturated rings. The minimum atomic E-state index is -3.56. The molecule has 0 saturated carbocycles. The zero-order valence-corrected chi connectivity index (χ0v) is 16.2. The van der Waals surface area contributed by atoms with Gasteiger partial charge in [-0.15, -0.1) is 0 Å². The van der Waals surface area contributed by atoms with Crippen LogP contribution in [0.2, 0.25) is 0 Å². The van der Waals surface area contributed by atoms with Crippen molar-refractivity contribution in [3.63, 3.8) is 0 Å². The highest BCUT2D eigenvalue weighted by Gasteiger charge is 2.31. The van der Waals surface area contributed by atoms with Crippen molar-refractivity contribution in [3.05, 3.63) is 17.7 Å². The molecule has 4 N–H and O–H groups in total. The number of carbonyl (C=O) groups excluding carboxylic acids is 1. The highest BCUT2D eigenvalue weighted by molar-refractivity contribution is 7.91. The van der Waals surface area contributed by atoms with Crippen LogP contribution in [0, 0.1) is 0 Å². The molecule has 1 amide bonds. The summed E-state index contributed by atoms with van der Waals surface area (Å²) in [6.45, 7) is 4.51. The number of sulfone groups is 1. The average Bonchev–Trinajstić information content (AvgIpc) is 2.98. The Morgan fingerprint density at radius 3 is 2.65 bits per heavy atom. The van der Waals surface area contributed by atoms with E-state index in [0.29, 0.717) is 19.5 Å². The largest absolute Gasteiger partial charge is 0.496 e. The minimum absolute atomic E-state index is 0.0394. The molecule has 1 aromatic rings. The van der Waals surface area contributed by atoms with Gasteiger partial charge in [0.1, 0.15) is 12.0 Å². The Hall–Kier alpha value is -1.84. The number of aliphatic hydroxyl groups excluding tert-OH is 1. The molecule has 1 aliphatic heterocycles. The second-order valence-corrected chi connectivity index (χ2v) is 8.49. The van der Waals surface area contributed by atoms with Gasteiger partial charge in [-0.1, -0.05) is 13.8 Å². The first-order chi connectivity index (χ1) is 12.2. The lowest BCUT2D eigenvalue weighted by molar-refractivity contribution is 0.0214. The molecule has 1 unspecified atom stereocenters. The first kappa shape index (κ1) is 20.5. The summed E-state index contributed by atoms with van der Waals surface area (Å²) in [5, 5.41) is 12.7. The number of nitrogen functional groups attached to an aromatic ring is 1. The number of benzene rings is 1. The Bertz CT molecular complexity index is 766. The van der Waals surface area contributed by atoms with Crippen molar-refractivity contribution in [2.45, 2.75) is 43.9 Å². The molecule has 1 aliphatic rings. The molecule has 26 heavy (non-hydrogen) atoms. The number of amides is 1. The Morgan fingerprint density at radius 1 is 1.38 bits per heavy atom. The van der Waals surface area contributed by atoms with Gasteiger partial charge in [-0.05, 0) is 25.5 Å². The van der Waals surface area contributed by atoms with Crippen LogP contribution in [0.3, 0.4) is 0 Å². The molecule has 146 valence electrons. The molecule has 8 nitrogen and oxygen atoms in total. The molecule has 0 bridgehead atoms. The summed E-state index contributed by atoms with van der Waals surface area (Å²) in [4.78, 5) is 14.5. The topological polar surface area (TPSA) is 122 Å². The molecule has 0 aliphatic carbocycles. The monoisotopic (exact) mass is 385 g/mol. The molecular weight excluding hydrogens is 358 g/mol. The van der Waals surface area contributed by atoms with Gasteiger partial charge in [0, 0.05) is 18.7 Å². The maximum atomic E-state index is 12.6. The Balaban J connectivity index is 2.23. The van der Waals surface area contributed by atoms with Crippen LogP contribution in [-0.2, 0) is 9.84 Å². The number of ether oxygens (including phenoxy) is 1. The van der Waals surface area contributed by atoms with Gasteiger partial charge in [0.2, 0.25) is 0 Å². The van der Waals surface area contributed by atoms with Crippen LogP contribution >= 0.6 is 0 Å². The number of likely N-dealkylation sites (N-methyl/N-ethyl adjacent to an activating group) is 1. The second kappa shape index (κ2) is 8.24. The summed E-state index contributed by atoms with van der Waals surface area (Å²) >= 11 is 0. The fourth-order valence-corrected chi connectivity index (χ4v) is 4.28. The first-order valence-electron chi connectivity index (χ1n) is 8.67. The highest BCUT2D eigenvalue weighted by Crippen LogP contribution is 2.29. The molecule has 0 spiro atoms. The van der Waals surface area contributed by atoms with E-state index in [1.807, 2.05) is 11.8 Å². The summed E-state index contributed by atoms with van der Waals surface area (Å²) < 4.78 is 29.6. The highest BCUT2D eigenvalue weighted by atomic mass is 32.2. The van der Waals surface area contributed by atoms with E-state index in [4.69, 9.17) is 10.5 Å². The quantitative estimate of drug-likeness (QED) is 0.588. The van der Waals surface area contributed by atoms with Gasteiger partial charge in [-0.3, -0.25) is 9.69 Å². The summed E-state index contributed by atoms with van der Waals surface area (Å²) in [7, 11) is -2.17. The van der Waals surface area contributed by atoms with Gasteiger partial charge in [0.15, 0.2) is 9.84 Å². The third-order valence-electron chi connectivity index (χ3n) is 4.76. The lowest BCUT2D eigenvalue weighted by Gasteiger charge is -2.26. The van der Waals surface area contributed by atoms with Crippen LogP contribution in [0.25, 0.3) is 0 Å². The van der Waals surface area contributed by atoms with Crippen LogP contribution in [0.15, 0.2) is 17.0 Å². The molecule has 1 aromatic carbocycles. The van der Waals surface area contributed by atoms with Crippen molar-refractivity contribution in [1.29, 1.82) is 0 Å². The van der Waals surface area contributed by atoms with Crippen molar-refractivity contribution in [2.75, 3.05) is 31.7 Å². The van der Waals surface area contributed by atoms with E-state index in [0.717, 1.165) is 6.42 Å². The van der Waals surface area contributed by atoms with E-state index >= 15 is 0 Å². The lowest BCUT2D eigenvalue weighted by Crippen LogP contribution is -2.43. The maximum absolute atomic E-state index is 12.6. The number of aliphatic hydroxyl groups is 1. The summed E-state index contributed by atoms with van der Waals surface area (Å²) in [6.07, 6.45) is 0.955. The zero-order chi connectivity index (χ0) is 19.5. The number of anilines is 1. The van der Waals surface area contributed by atoms with Gasteiger partial charge in [-0.25, -0.2) is 8.42 Å². The number of hydrogen-bond acceptors (Lipinski definition) is 7. The summed E-state index contributed by atoms with van der Waals surface area (Å²) in [5.74, 6) is -0.337. The van der Waals surface area contributed by atoms with E-state index in [9.17, 15) is 18.3 Å². The van der Waals surface area contributed by atoms with Crippen LogP contribution in [-0.4, -0.2) is 62.6 Å². The SMILES string of the molecule is CCN1C(O)CC[C@@H]1CNC(=O)c1cc(S(=O)(=O)CC)c(N)cc1OC. The van der Waals surface area contributed by atoms with Gasteiger partial charge in [-0.2, -0.15) is 0 Å². The van der Waals surface area contributed by atoms with Crippen molar-refractivity contribution >= 4 is 21.4 Å². The fraction of sp³-hybridized carbons (Fsp3) is 0.588. The van der Waals surface area contributed by atoms with Crippen molar-refractivity contribution < 1.29 is 23.1 Å². The maximum Gasteiger partial charge on any atom is 0.255 e. The molecule has 9 heteroatoms. The van der Waals surface area contributed by atoms with Gasteiger partial charge in [0.05, 0.1) is 29.0 Å². The molecule has 2 rings (SSSR count). The van der Waals surface area contributed by atoms with Crippen LogP contribution in [0.1, 0.15) is 37.0 Å². The smallest absolute Gasteiger partial charge is 0.255 e. The standard InChI is InChI=1S/C17H27N3O5S/c1-4-20-11(6-7-16(20)21)10-19-17(22)12-8-15(26(23,24)5-2)13(18)9-14(12)25-3/h8-9,11,16,21H,4-7,10,18H2,1-3H3,(H,19,22)/t11-,16?/m1/s1. The van der Waals surface area contributed by atoms with Gasteiger partial charge in [0.25, 0.3) is 5.91 Å². The number of nitrogens with zero attached hydrogens (tertiary/aromatic N) is 1. The predicted molar refractivity (Wildman–Crippen MR) is 98.9 cm³/mol. The Kier molecular flexibility index (Phi) is 6.48. The molecule has 0 aromatic heterocycles. The van der Waals surface area contributed by atoms with Crippen LogP contribution < -0.4 is 15.8 Å². The molecule has 1 heterocycles. The number of hydrogen-bond donors (Lipinski definition) is 3. The molecule has 1 saturated heterocycles. The average molecular weight is 385 g/mol.